The van der Waals surface area contributed by atoms with Gasteiger partial charge in [0, 0.05) is 24.8 Å². The number of hydrogen-bond donors (Lipinski definition) is 2. The first-order chi connectivity index (χ1) is 8.61. The third kappa shape index (κ3) is 2.61. The number of rotatable bonds is 2. The number of nitrogens with one attached hydrogen (secondary N) is 1. The number of anilines is 1. The number of urea groups is 1. The van der Waals surface area contributed by atoms with Crippen LogP contribution in [-0.2, 0) is 0 Å². The highest BCUT2D eigenvalue weighted by molar-refractivity contribution is 5.89. The van der Waals surface area contributed by atoms with Crippen molar-refractivity contribution in [3.63, 3.8) is 0 Å². The summed E-state index contributed by atoms with van der Waals surface area (Å²) in [6.45, 7) is 3.24. The smallest absolute Gasteiger partial charge is 0.322 e. The van der Waals surface area contributed by atoms with Gasteiger partial charge in [-0.05, 0) is 30.5 Å². The van der Waals surface area contributed by atoms with Crippen LogP contribution in [0, 0.1) is 11.7 Å². The molecule has 3 N–H and O–H groups in total. The van der Waals surface area contributed by atoms with Crippen LogP contribution in [0.5, 0.6) is 0 Å². The standard InChI is InChI=1S/C13H18FN3O/c1-9-5-6-17(12(9)8-15)13(18)16-11-4-2-3-10(14)7-11/h2-4,7,9,12H,5-6,8,15H2,1H3,(H,16,18). The number of carbonyl (C=O) groups excluding carboxylic acids is 1. The van der Waals surface area contributed by atoms with Gasteiger partial charge in [0.2, 0.25) is 0 Å². The van der Waals surface area contributed by atoms with Gasteiger partial charge in [-0.3, -0.25) is 0 Å². The molecule has 98 valence electrons. The molecular formula is C13H18FN3O. The van der Waals surface area contributed by atoms with E-state index in [1.54, 1.807) is 17.0 Å². The van der Waals surface area contributed by atoms with Gasteiger partial charge >= 0.3 is 6.03 Å². The van der Waals surface area contributed by atoms with Crippen molar-refractivity contribution in [2.75, 3.05) is 18.4 Å². The molecular weight excluding hydrogens is 233 g/mol. The van der Waals surface area contributed by atoms with Gasteiger partial charge < -0.3 is 16.0 Å². The second kappa shape index (κ2) is 5.35. The Bertz CT molecular complexity index is 438. The topological polar surface area (TPSA) is 58.4 Å². The highest BCUT2D eigenvalue weighted by atomic mass is 19.1. The van der Waals surface area contributed by atoms with Crippen molar-refractivity contribution in [2.24, 2.45) is 11.7 Å². The van der Waals surface area contributed by atoms with Crippen LogP contribution < -0.4 is 11.1 Å². The first kappa shape index (κ1) is 12.8. The van der Waals surface area contributed by atoms with E-state index in [0.717, 1.165) is 6.42 Å². The summed E-state index contributed by atoms with van der Waals surface area (Å²) in [5.74, 6) is 0.0474. The SMILES string of the molecule is CC1CCN(C(=O)Nc2cccc(F)c2)C1CN. The minimum Gasteiger partial charge on any atom is -0.328 e. The molecule has 0 radical (unpaired) electrons. The van der Waals surface area contributed by atoms with Crippen LogP contribution in [-0.4, -0.2) is 30.1 Å². The van der Waals surface area contributed by atoms with E-state index in [1.165, 1.54) is 12.1 Å². The molecule has 5 heteroatoms. The number of amides is 2. The Morgan fingerprint density at radius 3 is 3.06 bits per heavy atom. The molecule has 0 saturated carbocycles. The first-order valence-electron chi connectivity index (χ1n) is 6.15. The molecule has 1 heterocycles. The molecule has 2 rings (SSSR count). The number of nitrogens with zero attached hydrogens (tertiary/aromatic N) is 1. The molecule has 0 bridgehead atoms. The van der Waals surface area contributed by atoms with Gasteiger partial charge in [0.1, 0.15) is 5.82 Å². The monoisotopic (exact) mass is 251 g/mol. The van der Waals surface area contributed by atoms with Crippen LogP contribution in [0.3, 0.4) is 0 Å². The van der Waals surface area contributed by atoms with E-state index < -0.39 is 0 Å². The van der Waals surface area contributed by atoms with Crippen molar-refractivity contribution in [1.29, 1.82) is 0 Å². The Hall–Kier alpha value is -1.62. The molecule has 1 fully saturated rings. The van der Waals surface area contributed by atoms with Crippen LogP contribution in [0.4, 0.5) is 14.9 Å². The quantitative estimate of drug-likeness (QED) is 0.845. The maximum absolute atomic E-state index is 13.0. The van der Waals surface area contributed by atoms with Crippen LogP contribution >= 0.6 is 0 Å². The summed E-state index contributed by atoms with van der Waals surface area (Å²) in [7, 11) is 0. The predicted molar refractivity (Wildman–Crippen MR) is 68.7 cm³/mol. The summed E-state index contributed by atoms with van der Waals surface area (Å²) in [6.07, 6.45) is 0.957. The normalized spacial score (nSPS) is 23.2. The fourth-order valence-corrected chi connectivity index (χ4v) is 2.38. The molecule has 0 aliphatic carbocycles. The lowest BCUT2D eigenvalue weighted by Crippen LogP contribution is -2.44. The summed E-state index contributed by atoms with van der Waals surface area (Å²) < 4.78 is 13.0. The Kier molecular flexibility index (Phi) is 3.81. The van der Waals surface area contributed by atoms with Crippen LogP contribution in [0.1, 0.15) is 13.3 Å². The lowest BCUT2D eigenvalue weighted by atomic mass is 10.0. The molecule has 1 saturated heterocycles. The highest BCUT2D eigenvalue weighted by Crippen LogP contribution is 2.24. The summed E-state index contributed by atoms with van der Waals surface area (Å²) in [5.41, 5.74) is 6.16. The number of likely N-dealkylation sites (tertiary alicyclic amines) is 1. The summed E-state index contributed by atoms with van der Waals surface area (Å²) >= 11 is 0. The van der Waals surface area contributed by atoms with Gasteiger partial charge in [-0.25, -0.2) is 9.18 Å². The second-order valence-corrected chi connectivity index (χ2v) is 4.70. The van der Waals surface area contributed by atoms with Gasteiger partial charge in [0.05, 0.1) is 0 Å². The maximum atomic E-state index is 13.0. The van der Waals surface area contributed by atoms with Gasteiger partial charge in [0.15, 0.2) is 0 Å². The molecule has 2 amide bonds. The largest absolute Gasteiger partial charge is 0.328 e. The van der Waals surface area contributed by atoms with Crippen LogP contribution in [0.25, 0.3) is 0 Å². The fourth-order valence-electron chi connectivity index (χ4n) is 2.38. The number of benzene rings is 1. The molecule has 1 aliphatic rings. The minimum absolute atomic E-state index is 0.0681. The number of hydrogen-bond acceptors (Lipinski definition) is 2. The van der Waals surface area contributed by atoms with Crippen molar-refractivity contribution in [3.8, 4) is 0 Å². The maximum Gasteiger partial charge on any atom is 0.322 e. The number of nitrogens with two attached hydrogens (primary N) is 1. The van der Waals surface area contributed by atoms with Crippen molar-refractivity contribution >= 4 is 11.7 Å². The Labute approximate surface area is 106 Å². The van der Waals surface area contributed by atoms with E-state index in [2.05, 4.69) is 12.2 Å². The summed E-state index contributed by atoms with van der Waals surface area (Å²) in [5, 5.41) is 2.70. The zero-order valence-corrected chi connectivity index (χ0v) is 10.4. The third-order valence-electron chi connectivity index (χ3n) is 3.46. The van der Waals surface area contributed by atoms with E-state index in [0.29, 0.717) is 24.7 Å². The first-order valence-corrected chi connectivity index (χ1v) is 6.15. The van der Waals surface area contributed by atoms with Gasteiger partial charge in [-0.15, -0.1) is 0 Å². The molecule has 2 unspecified atom stereocenters. The molecule has 0 aromatic heterocycles. The zero-order valence-electron chi connectivity index (χ0n) is 10.4. The van der Waals surface area contributed by atoms with Gasteiger partial charge in [0.25, 0.3) is 0 Å². The van der Waals surface area contributed by atoms with E-state index in [4.69, 9.17) is 5.73 Å². The van der Waals surface area contributed by atoms with Crippen molar-refractivity contribution in [3.05, 3.63) is 30.1 Å². The molecule has 4 nitrogen and oxygen atoms in total. The molecule has 2 atom stereocenters. The highest BCUT2D eigenvalue weighted by Gasteiger charge is 2.33. The minimum atomic E-state index is -0.363. The summed E-state index contributed by atoms with van der Waals surface area (Å²) in [4.78, 5) is 13.8. The third-order valence-corrected chi connectivity index (χ3v) is 3.46. The van der Waals surface area contributed by atoms with Crippen molar-refractivity contribution < 1.29 is 9.18 Å². The van der Waals surface area contributed by atoms with E-state index in [1.807, 2.05) is 0 Å². The molecule has 1 aliphatic heterocycles. The van der Waals surface area contributed by atoms with E-state index >= 15 is 0 Å². The number of carbonyl (C=O) groups is 1. The van der Waals surface area contributed by atoms with Crippen LogP contribution in [0.2, 0.25) is 0 Å². The van der Waals surface area contributed by atoms with Gasteiger partial charge in [-0.1, -0.05) is 13.0 Å². The van der Waals surface area contributed by atoms with E-state index in [-0.39, 0.29) is 17.9 Å². The number of halogens is 1. The second-order valence-electron chi connectivity index (χ2n) is 4.70. The molecule has 1 aromatic rings. The Balaban J connectivity index is 2.04. The predicted octanol–water partition coefficient (Wildman–Crippen LogP) is 2.03. The lowest BCUT2D eigenvalue weighted by Gasteiger charge is -2.25. The average Bonchev–Trinajstić information content (AvgIpc) is 2.70. The van der Waals surface area contributed by atoms with Crippen molar-refractivity contribution in [1.82, 2.24) is 4.90 Å². The molecule has 1 aromatic carbocycles. The van der Waals surface area contributed by atoms with Gasteiger partial charge in [-0.2, -0.15) is 0 Å². The average molecular weight is 251 g/mol. The van der Waals surface area contributed by atoms with E-state index in [9.17, 15) is 9.18 Å². The van der Waals surface area contributed by atoms with Crippen LogP contribution in [0.15, 0.2) is 24.3 Å². The fraction of sp³-hybridized carbons (Fsp3) is 0.462. The Morgan fingerprint density at radius 2 is 2.39 bits per heavy atom. The molecule has 18 heavy (non-hydrogen) atoms. The summed E-state index contributed by atoms with van der Waals surface area (Å²) in [6, 6.07) is 5.74. The van der Waals surface area contributed by atoms with Crippen molar-refractivity contribution in [2.45, 2.75) is 19.4 Å². The lowest BCUT2D eigenvalue weighted by molar-refractivity contribution is 0.202. The Morgan fingerprint density at radius 1 is 1.61 bits per heavy atom. The zero-order chi connectivity index (χ0) is 13.1. The molecule has 0 spiro atoms.